The molecule has 1 aromatic carbocycles. The predicted octanol–water partition coefficient (Wildman–Crippen LogP) is 3.49. The molecule has 2 N–H and O–H groups in total. The van der Waals surface area contributed by atoms with Gasteiger partial charge >= 0.3 is 6.03 Å². The molecule has 0 atom stereocenters. The lowest BCUT2D eigenvalue weighted by atomic mass is 10.2. The van der Waals surface area contributed by atoms with E-state index in [4.69, 9.17) is 16.3 Å². The van der Waals surface area contributed by atoms with Crippen LogP contribution in [0.2, 0.25) is 5.02 Å². The third kappa shape index (κ3) is 5.07. The number of ether oxygens (including phenoxy) is 1. The van der Waals surface area contributed by atoms with E-state index in [0.717, 1.165) is 25.2 Å². The maximum absolute atomic E-state index is 11.8. The van der Waals surface area contributed by atoms with E-state index in [9.17, 15) is 4.79 Å². The summed E-state index contributed by atoms with van der Waals surface area (Å²) in [5.74, 6) is 0. The van der Waals surface area contributed by atoms with Crippen molar-refractivity contribution in [1.29, 1.82) is 0 Å². The number of rotatable bonds is 7. The van der Waals surface area contributed by atoms with Crippen LogP contribution in [0.15, 0.2) is 18.2 Å². The molecule has 1 aliphatic rings. The summed E-state index contributed by atoms with van der Waals surface area (Å²) in [6, 6.07) is 5.44. The number of carbonyl (C=O) groups is 1. The van der Waals surface area contributed by atoms with E-state index in [1.54, 1.807) is 6.07 Å². The monoisotopic (exact) mass is 325 g/mol. The van der Waals surface area contributed by atoms with Crippen LogP contribution in [0.3, 0.4) is 0 Å². The van der Waals surface area contributed by atoms with Gasteiger partial charge in [-0.25, -0.2) is 4.79 Å². The van der Waals surface area contributed by atoms with Crippen molar-refractivity contribution in [2.24, 2.45) is 0 Å². The Balaban J connectivity index is 1.80. The smallest absolute Gasteiger partial charge is 0.319 e. The maximum Gasteiger partial charge on any atom is 0.319 e. The quantitative estimate of drug-likeness (QED) is 0.754. The number of amides is 2. The molecule has 5 nitrogen and oxygen atoms in total. The Morgan fingerprint density at radius 3 is 2.82 bits per heavy atom. The van der Waals surface area contributed by atoms with Gasteiger partial charge in [0.05, 0.1) is 10.7 Å². The summed E-state index contributed by atoms with van der Waals surface area (Å²) in [5, 5.41) is 6.27. The minimum atomic E-state index is -0.221. The second-order valence-electron chi connectivity index (χ2n) is 5.29. The van der Waals surface area contributed by atoms with Gasteiger partial charge in [-0.05, 0) is 44.4 Å². The molecule has 22 heavy (non-hydrogen) atoms. The molecule has 1 heterocycles. The average molecular weight is 326 g/mol. The molecule has 0 aromatic heterocycles. The van der Waals surface area contributed by atoms with E-state index in [-0.39, 0.29) is 6.03 Å². The summed E-state index contributed by atoms with van der Waals surface area (Å²) in [6.45, 7) is 6.00. The first kappa shape index (κ1) is 16.9. The van der Waals surface area contributed by atoms with Gasteiger partial charge in [-0.2, -0.15) is 0 Å². The Kier molecular flexibility index (Phi) is 6.80. The molecule has 0 spiro atoms. The normalized spacial score (nSPS) is 14.2. The summed E-state index contributed by atoms with van der Waals surface area (Å²) in [6.07, 6.45) is 3.22. The third-order valence-corrected chi connectivity index (χ3v) is 3.91. The Morgan fingerprint density at radius 1 is 1.36 bits per heavy atom. The van der Waals surface area contributed by atoms with E-state index >= 15 is 0 Å². The fourth-order valence-corrected chi connectivity index (χ4v) is 2.79. The van der Waals surface area contributed by atoms with Crippen LogP contribution in [-0.4, -0.2) is 38.9 Å². The summed E-state index contributed by atoms with van der Waals surface area (Å²) >= 11 is 6.32. The van der Waals surface area contributed by atoms with Gasteiger partial charge < -0.3 is 20.3 Å². The SMILES string of the molecule is CCOCCCNC(=O)Nc1ccc(N2CCCC2)c(Cl)c1. The maximum atomic E-state index is 11.8. The van der Waals surface area contributed by atoms with Crippen molar-refractivity contribution in [2.45, 2.75) is 26.2 Å². The molecular weight excluding hydrogens is 302 g/mol. The van der Waals surface area contributed by atoms with Crippen molar-refractivity contribution >= 4 is 29.0 Å². The average Bonchev–Trinajstić information content (AvgIpc) is 3.01. The minimum absolute atomic E-state index is 0.221. The lowest BCUT2D eigenvalue weighted by Gasteiger charge is -2.19. The van der Waals surface area contributed by atoms with Gasteiger partial charge in [-0.1, -0.05) is 11.6 Å². The van der Waals surface area contributed by atoms with Gasteiger partial charge in [0.25, 0.3) is 0 Å². The van der Waals surface area contributed by atoms with Crippen molar-refractivity contribution in [3.8, 4) is 0 Å². The number of hydrogen-bond donors (Lipinski definition) is 2. The summed E-state index contributed by atoms with van der Waals surface area (Å²) < 4.78 is 5.22. The second-order valence-corrected chi connectivity index (χ2v) is 5.70. The lowest BCUT2D eigenvalue weighted by molar-refractivity contribution is 0.145. The number of urea groups is 1. The van der Waals surface area contributed by atoms with Crippen LogP contribution in [0.4, 0.5) is 16.2 Å². The lowest BCUT2D eigenvalue weighted by Crippen LogP contribution is -2.30. The van der Waals surface area contributed by atoms with Crippen molar-refractivity contribution in [3.63, 3.8) is 0 Å². The molecule has 1 fully saturated rings. The molecule has 1 aromatic rings. The molecule has 0 bridgehead atoms. The summed E-state index contributed by atoms with van der Waals surface area (Å²) in [4.78, 5) is 14.1. The Hall–Kier alpha value is -1.46. The van der Waals surface area contributed by atoms with Crippen LogP contribution >= 0.6 is 11.6 Å². The highest BCUT2D eigenvalue weighted by atomic mass is 35.5. The van der Waals surface area contributed by atoms with E-state index < -0.39 is 0 Å². The zero-order chi connectivity index (χ0) is 15.8. The number of anilines is 2. The Labute approximate surface area is 137 Å². The zero-order valence-corrected chi connectivity index (χ0v) is 13.8. The van der Waals surface area contributed by atoms with Gasteiger partial charge in [-0.15, -0.1) is 0 Å². The molecule has 2 amide bonds. The highest BCUT2D eigenvalue weighted by Crippen LogP contribution is 2.31. The molecule has 0 aliphatic carbocycles. The molecule has 1 saturated heterocycles. The van der Waals surface area contributed by atoms with Crippen molar-refractivity contribution in [2.75, 3.05) is 43.1 Å². The summed E-state index contributed by atoms with van der Waals surface area (Å²) in [5.41, 5.74) is 1.75. The van der Waals surface area contributed by atoms with Crippen LogP contribution in [0, 0.1) is 0 Å². The van der Waals surface area contributed by atoms with Gasteiger partial charge in [0.15, 0.2) is 0 Å². The first-order chi connectivity index (χ1) is 10.7. The highest BCUT2D eigenvalue weighted by Gasteiger charge is 2.15. The van der Waals surface area contributed by atoms with Gasteiger partial charge in [0, 0.05) is 38.5 Å². The molecule has 122 valence electrons. The van der Waals surface area contributed by atoms with Crippen LogP contribution in [0.5, 0.6) is 0 Å². The third-order valence-electron chi connectivity index (χ3n) is 3.61. The molecular formula is C16H24ClN3O2. The highest BCUT2D eigenvalue weighted by molar-refractivity contribution is 6.33. The summed E-state index contributed by atoms with van der Waals surface area (Å²) in [7, 11) is 0. The standard InChI is InChI=1S/C16H24ClN3O2/c1-2-22-11-5-8-18-16(21)19-13-6-7-15(14(17)12-13)20-9-3-4-10-20/h6-7,12H,2-5,8-11H2,1H3,(H2,18,19,21). The topological polar surface area (TPSA) is 53.6 Å². The van der Waals surface area contributed by atoms with Gasteiger partial charge in [0.1, 0.15) is 0 Å². The number of nitrogens with one attached hydrogen (secondary N) is 2. The van der Waals surface area contributed by atoms with E-state index in [1.165, 1.54) is 12.8 Å². The molecule has 0 unspecified atom stereocenters. The first-order valence-corrected chi connectivity index (χ1v) is 8.25. The van der Waals surface area contributed by atoms with E-state index in [2.05, 4.69) is 15.5 Å². The molecule has 6 heteroatoms. The minimum Gasteiger partial charge on any atom is -0.382 e. The van der Waals surface area contributed by atoms with Crippen LogP contribution in [0.25, 0.3) is 0 Å². The van der Waals surface area contributed by atoms with E-state index in [1.807, 2.05) is 19.1 Å². The van der Waals surface area contributed by atoms with Crippen molar-refractivity contribution < 1.29 is 9.53 Å². The molecule has 2 rings (SSSR count). The number of halogens is 1. The fourth-order valence-electron chi connectivity index (χ4n) is 2.49. The van der Waals surface area contributed by atoms with Crippen LogP contribution < -0.4 is 15.5 Å². The number of hydrogen-bond acceptors (Lipinski definition) is 3. The number of benzene rings is 1. The van der Waals surface area contributed by atoms with Gasteiger partial charge in [0.2, 0.25) is 0 Å². The number of carbonyl (C=O) groups excluding carboxylic acids is 1. The molecule has 0 saturated carbocycles. The van der Waals surface area contributed by atoms with E-state index in [0.29, 0.717) is 30.5 Å². The second kappa shape index (κ2) is 8.86. The zero-order valence-electron chi connectivity index (χ0n) is 13.0. The Morgan fingerprint density at radius 2 is 2.14 bits per heavy atom. The first-order valence-electron chi connectivity index (χ1n) is 7.88. The fraction of sp³-hybridized carbons (Fsp3) is 0.562. The van der Waals surface area contributed by atoms with Crippen molar-refractivity contribution in [3.05, 3.63) is 23.2 Å². The largest absolute Gasteiger partial charge is 0.382 e. The molecule has 1 aliphatic heterocycles. The molecule has 0 radical (unpaired) electrons. The van der Waals surface area contributed by atoms with Crippen LogP contribution in [0.1, 0.15) is 26.2 Å². The Bertz CT molecular complexity index is 490. The number of nitrogens with zero attached hydrogens (tertiary/aromatic N) is 1. The van der Waals surface area contributed by atoms with Crippen molar-refractivity contribution in [1.82, 2.24) is 5.32 Å². The predicted molar refractivity (Wildman–Crippen MR) is 91.0 cm³/mol. The van der Waals surface area contributed by atoms with Crippen LogP contribution in [-0.2, 0) is 4.74 Å². The van der Waals surface area contributed by atoms with Gasteiger partial charge in [-0.3, -0.25) is 0 Å².